The van der Waals surface area contributed by atoms with Crippen molar-refractivity contribution < 1.29 is 79.0 Å². The smallest absolute Gasteiger partial charge is 0.171 e. The Bertz CT molecular complexity index is 489. The molecule has 0 aromatic carbocycles. The van der Waals surface area contributed by atoms with Gasteiger partial charge in [0, 0.05) is 0 Å². The Labute approximate surface area is 161 Å². The molecule has 0 aliphatic heterocycles. The van der Waals surface area contributed by atoms with Crippen LogP contribution in [0.2, 0.25) is 0 Å². The highest BCUT2D eigenvalue weighted by atomic mass is 33.1. The van der Waals surface area contributed by atoms with Crippen molar-refractivity contribution in [1.29, 1.82) is 0 Å². The van der Waals surface area contributed by atoms with E-state index in [1.807, 2.05) is 0 Å². The Morgan fingerprint density at radius 2 is 0.500 bits per heavy atom. The maximum absolute atomic E-state index is 12.9. The van der Waals surface area contributed by atoms with Crippen molar-refractivity contribution in [2.75, 3.05) is 0 Å². The fourth-order valence-electron chi connectivity index (χ4n) is 1.68. The molecule has 0 rings (SSSR count). The Balaban J connectivity index is 6.76. The first-order valence-corrected chi connectivity index (χ1v) is 8.54. The van der Waals surface area contributed by atoms with E-state index in [4.69, 9.17) is 0 Å². The third-order valence-corrected chi connectivity index (χ3v) is 6.88. The van der Waals surface area contributed by atoms with E-state index >= 15 is 0 Å². The molecule has 0 bridgehead atoms. The Hall–Kier alpha value is -0.560. The lowest BCUT2D eigenvalue weighted by atomic mass is 10.0. The molecule has 0 saturated heterocycles. The molecule has 20 heteroatoms. The molecule has 0 fully saturated rings. The topological polar surface area (TPSA) is 0 Å². The summed E-state index contributed by atoms with van der Waals surface area (Å²) < 4.78 is 216. The van der Waals surface area contributed by atoms with E-state index in [0.29, 0.717) is 0 Å². The summed E-state index contributed by atoms with van der Waals surface area (Å²) in [5.41, 5.74) is 0. The van der Waals surface area contributed by atoms with E-state index in [1.54, 1.807) is 0 Å². The molecule has 0 aliphatic carbocycles. The van der Waals surface area contributed by atoms with Crippen LogP contribution in [-0.4, -0.2) is 46.6 Å². The number of alkyl halides is 18. The summed E-state index contributed by atoms with van der Waals surface area (Å²) in [6, 6.07) is 0. The van der Waals surface area contributed by atoms with Gasteiger partial charge in [-0.05, 0) is 0 Å². The molecule has 182 valence electrons. The summed E-state index contributed by atoms with van der Waals surface area (Å²) in [6.07, 6.45) is -49.7. The highest BCUT2D eigenvalue weighted by Gasteiger charge is 2.79. The van der Waals surface area contributed by atoms with Crippen LogP contribution in [0.4, 0.5) is 79.0 Å². The molecule has 0 atom stereocenters. The first-order valence-electron chi connectivity index (χ1n) is 6.39. The van der Waals surface area contributed by atoms with Gasteiger partial charge in [-0.1, -0.05) is 21.6 Å². The van der Waals surface area contributed by atoms with E-state index in [9.17, 15) is 79.0 Å². The number of hydrogen-bond acceptors (Lipinski definition) is 2. The lowest BCUT2D eigenvalue weighted by Crippen LogP contribution is -2.59. The monoisotopic (exact) mass is 530 g/mol. The predicted octanol–water partition coefficient (Wildman–Crippen LogP) is 8.00. The van der Waals surface area contributed by atoms with E-state index in [0.717, 1.165) is 0 Å². The fourth-order valence-corrected chi connectivity index (χ4v) is 5.13. The first kappa shape index (κ1) is 29.4. The van der Waals surface area contributed by atoms with Crippen LogP contribution in [0.3, 0.4) is 0 Å². The molecule has 0 spiro atoms. The molecule has 0 unspecified atom stereocenters. The highest BCUT2D eigenvalue weighted by molar-refractivity contribution is 8.77. The van der Waals surface area contributed by atoms with Crippen LogP contribution in [0.25, 0.3) is 0 Å². The average molecular weight is 530 g/mol. The van der Waals surface area contributed by atoms with Gasteiger partial charge in [0.1, 0.15) is 0 Å². The zero-order valence-corrected chi connectivity index (χ0v) is 14.7. The number of rotatable bonds is 5. The molecule has 0 aliphatic rings. The van der Waals surface area contributed by atoms with Gasteiger partial charge in [-0.15, -0.1) is 0 Å². The van der Waals surface area contributed by atoms with E-state index in [-0.39, 0.29) is 0 Å². The quantitative estimate of drug-likeness (QED) is 0.261. The molecule has 0 saturated carbocycles. The number of hydrogen-bond donors (Lipinski definition) is 0. The Morgan fingerprint density at radius 1 is 0.333 bits per heavy atom. The van der Waals surface area contributed by atoms with Gasteiger partial charge in [-0.25, -0.2) is 0 Å². The summed E-state index contributed by atoms with van der Waals surface area (Å²) >= 11 is 0. The largest absolute Gasteiger partial charge is 0.413 e. The van der Waals surface area contributed by atoms with Gasteiger partial charge in [0.25, 0.3) is 0 Å². The SMILES string of the molecule is FC(F)(F)CC(SSC(CC(F)(F)F)(C(F)(F)F)C(F)(F)F)(C(F)(F)F)C(F)(F)F. The van der Waals surface area contributed by atoms with Crippen molar-refractivity contribution in [1.82, 2.24) is 0 Å². The first-order chi connectivity index (χ1) is 12.6. The summed E-state index contributed by atoms with van der Waals surface area (Å²) in [7, 11) is -5.36. The minimum absolute atomic E-state index is 2.68. The van der Waals surface area contributed by atoms with Gasteiger partial charge in [0.15, 0.2) is 0 Å². The molecule has 0 heterocycles. The summed E-state index contributed by atoms with van der Waals surface area (Å²) in [5.74, 6) is 0. The molecule has 30 heavy (non-hydrogen) atoms. The zero-order chi connectivity index (χ0) is 24.8. The minimum atomic E-state index is -7.17. The average Bonchev–Trinajstić information content (AvgIpc) is 2.33. The third-order valence-electron chi connectivity index (χ3n) is 3.06. The van der Waals surface area contributed by atoms with Crippen LogP contribution in [0, 0.1) is 0 Å². The van der Waals surface area contributed by atoms with E-state index < -0.39 is 81.0 Å². The van der Waals surface area contributed by atoms with Crippen molar-refractivity contribution in [2.24, 2.45) is 0 Å². The van der Waals surface area contributed by atoms with Gasteiger partial charge in [-0.2, -0.15) is 79.0 Å². The van der Waals surface area contributed by atoms with Gasteiger partial charge in [0.05, 0.1) is 12.8 Å². The fraction of sp³-hybridized carbons (Fsp3) is 1.00. The van der Waals surface area contributed by atoms with Crippen molar-refractivity contribution >= 4 is 21.6 Å². The molecule has 0 aromatic heterocycles. The molecule has 0 N–H and O–H groups in total. The van der Waals surface area contributed by atoms with E-state index in [1.165, 1.54) is 0 Å². The minimum Gasteiger partial charge on any atom is -0.171 e. The summed E-state index contributed by atoms with van der Waals surface area (Å²) in [4.78, 5) is 0. The van der Waals surface area contributed by atoms with Crippen molar-refractivity contribution in [3.05, 3.63) is 0 Å². The molecule has 0 aromatic rings. The standard InChI is InChI=1S/C10H4F18S2/c11-5(12,13)1-3(7(17,18)19,8(20,21)22)29-30-4(9(23,24)25,10(26,27)28)2-6(14,15)16/h1-2H2. The van der Waals surface area contributed by atoms with Crippen LogP contribution in [0.15, 0.2) is 0 Å². The second kappa shape index (κ2) is 8.09. The number of halogens is 18. The third kappa shape index (κ3) is 6.47. The van der Waals surface area contributed by atoms with Crippen molar-refractivity contribution in [3.63, 3.8) is 0 Å². The normalized spacial score (nSPS) is 16.2. The van der Waals surface area contributed by atoms with Gasteiger partial charge in [0.2, 0.25) is 9.49 Å². The van der Waals surface area contributed by atoms with Crippen LogP contribution in [0.5, 0.6) is 0 Å². The van der Waals surface area contributed by atoms with E-state index in [2.05, 4.69) is 0 Å². The second-order valence-electron chi connectivity index (χ2n) is 5.40. The Morgan fingerprint density at radius 3 is 0.600 bits per heavy atom. The van der Waals surface area contributed by atoms with Gasteiger partial charge < -0.3 is 0 Å². The molecule has 0 amide bonds. The highest BCUT2D eigenvalue weighted by Crippen LogP contribution is 2.67. The summed E-state index contributed by atoms with van der Waals surface area (Å²) in [5, 5.41) is 0. The van der Waals surface area contributed by atoms with Crippen molar-refractivity contribution in [3.8, 4) is 0 Å². The maximum atomic E-state index is 12.9. The maximum Gasteiger partial charge on any atom is 0.413 e. The van der Waals surface area contributed by atoms with Crippen LogP contribution >= 0.6 is 21.6 Å². The van der Waals surface area contributed by atoms with Crippen LogP contribution in [0.1, 0.15) is 12.8 Å². The van der Waals surface area contributed by atoms with Gasteiger partial charge in [-0.3, -0.25) is 0 Å². The predicted molar refractivity (Wildman–Crippen MR) is 66.2 cm³/mol. The molecular weight excluding hydrogens is 526 g/mol. The second-order valence-corrected chi connectivity index (χ2v) is 8.12. The van der Waals surface area contributed by atoms with Crippen LogP contribution in [-0.2, 0) is 0 Å². The molecule has 0 radical (unpaired) electrons. The van der Waals surface area contributed by atoms with Crippen LogP contribution < -0.4 is 0 Å². The lowest BCUT2D eigenvalue weighted by Gasteiger charge is -2.41. The lowest BCUT2D eigenvalue weighted by molar-refractivity contribution is -0.291. The molecular formula is C10H4F18S2. The van der Waals surface area contributed by atoms with Gasteiger partial charge >= 0.3 is 37.1 Å². The molecule has 0 nitrogen and oxygen atoms in total. The van der Waals surface area contributed by atoms with Crippen molar-refractivity contribution in [2.45, 2.75) is 59.4 Å². The Kier molecular flexibility index (Phi) is 7.94. The zero-order valence-electron chi connectivity index (χ0n) is 13.0. The summed E-state index contributed by atoms with van der Waals surface area (Å²) in [6.45, 7) is 0.